The molecule has 7 heavy (non-hydrogen) atoms. The largest absolute Gasteiger partial charge is 0.122 e. The fourth-order valence-electron chi connectivity index (χ4n) is 0.822. The summed E-state index contributed by atoms with van der Waals surface area (Å²) in [6, 6.07) is 0. The molecule has 2 atom stereocenters. The summed E-state index contributed by atoms with van der Waals surface area (Å²) < 4.78 is 0. The summed E-state index contributed by atoms with van der Waals surface area (Å²) in [5.41, 5.74) is 0.432. The molecule has 42 valence electrons. The van der Waals surface area contributed by atoms with Gasteiger partial charge in [0.15, 0.2) is 0 Å². The number of halogens is 1. The molecule has 0 saturated heterocycles. The van der Waals surface area contributed by atoms with Crippen LogP contribution in [0.5, 0.6) is 0 Å². The van der Waals surface area contributed by atoms with Crippen LogP contribution in [0.3, 0.4) is 0 Å². The summed E-state index contributed by atoms with van der Waals surface area (Å²) in [7, 11) is 0. The molecule has 0 spiro atoms. The van der Waals surface area contributed by atoms with Crippen LogP contribution in [-0.2, 0) is 0 Å². The van der Waals surface area contributed by atoms with E-state index in [0.717, 1.165) is 5.92 Å². The molecular formula is C6H11Cl. The number of rotatable bonds is 0. The van der Waals surface area contributed by atoms with E-state index in [9.17, 15) is 0 Å². The Hall–Kier alpha value is 0.290. The summed E-state index contributed by atoms with van der Waals surface area (Å²) in [5.74, 6) is 0.731. The molecule has 1 aliphatic carbocycles. The van der Waals surface area contributed by atoms with Gasteiger partial charge in [0.1, 0.15) is 0 Å². The third-order valence-electron chi connectivity index (χ3n) is 2.21. The summed E-state index contributed by atoms with van der Waals surface area (Å²) in [5, 5.41) is 0.438. The standard InChI is InChI=1S/C6H11Cl/c1-4-5(7)6(4,2)3/h4-5H,1-3H3/t4-,5+/m1/s1. The van der Waals surface area contributed by atoms with Crippen LogP contribution < -0.4 is 0 Å². The van der Waals surface area contributed by atoms with Gasteiger partial charge < -0.3 is 0 Å². The first-order valence-electron chi connectivity index (χ1n) is 2.71. The second-order valence-corrected chi connectivity index (χ2v) is 3.48. The maximum absolute atomic E-state index is 5.83. The number of alkyl halides is 1. The van der Waals surface area contributed by atoms with Crippen molar-refractivity contribution >= 4 is 11.6 Å². The average Bonchev–Trinajstić information content (AvgIpc) is 1.91. The van der Waals surface area contributed by atoms with Crippen LogP contribution in [0.25, 0.3) is 0 Å². The van der Waals surface area contributed by atoms with E-state index in [4.69, 9.17) is 11.6 Å². The molecule has 0 bridgehead atoms. The van der Waals surface area contributed by atoms with E-state index in [2.05, 4.69) is 20.8 Å². The zero-order chi connectivity index (χ0) is 5.65. The van der Waals surface area contributed by atoms with Crippen molar-refractivity contribution in [1.82, 2.24) is 0 Å². The molecule has 1 fully saturated rings. The molecule has 0 N–H and O–H groups in total. The van der Waals surface area contributed by atoms with Crippen LogP contribution in [0.4, 0.5) is 0 Å². The molecule has 1 aliphatic rings. The highest BCUT2D eigenvalue weighted by Crippen LogP contribution is 2.55. The Bertz CT molecular complexity index is 76.2. The van der Waals surface area contributed by atoms with Gasteiger partial charge in [-0.25, -0.2) is 0 Å². The van der Waals surface area contributed by atoms with E-state index in [-0.39, 0.29) is 0 Å². The minimum atomic E-state index is 0.432. The van der Waals surface area contributed by atoms with Crippen molar-refractivity contribution in [1.29, 1.82) is 0 Å². The molecule has 0 aliphatic heterocycles. The van der Waals surface area contributed by atoms with E-state index < -0.39 is 0 Å². The summed E-state index contributed by atoms with van der Waals surface area (Å²) in [6.07, 6.45) is 0. The van der Waals surface area contributed by atoms with Gasteiger partial charge in [0, 0.05) is 5.38 Å². The Morgan fingerprint density at radius 2 is 1.57 bits per heavy atom. The van der Waals surface area contributed by atoms with Crippen molar-refractivity contribution in [3.8, 4) is 0 Å². The average molecular weight is 119 g/mol. The molecular weight excluding hydrogens is 108 g/mol. The SMILES string of the molecule is C[C@@H]1[C@H](Cl)C1(C)C. The highest BCUT2D eigenvalue weighted by Gasteiger charge is 2.53. The molecule has 0 radical (unpaired) electrons. The zero-order valence-electron chi connectivity index (χ0n) is 5.03. The molecule has 1 rings (SSSR count). The van der Waals surface area contributed by atoms with Crippen molar-refractivity contribution in [3.63, 3.8) is 0 Å². The monoisotopic (exact) mass is 118 g/mol. The van der Waals surface area contributed by atoms with E-state index in [1.807, 2.05) is 0 Å². The van der Waals surface area contributed by atoms with E-state index >= 15 is 0 Å². The fraction of sp³-hybridized carbons (Fsp3) is 1.00. The summed E-state index contributed by atoms with van der Waals surface area (Å²) >= 11 is 5.83. The summed E-state index contributed by atoms with van der Waals surface area (Å²) in [4.78, 5) is 0. The lowest BCUT2D eigenvalue weighted by Crippen LogP contribution is -1.86. The Balaban J connectivity index is 2.52. The van der Waals surface area contributed by atoms with Crippen LogP contribution in [0.1, 0.15) is 20.8 Å². The summed E-state index contributed by atoms with van der Waals surface area (Å²) in [6.45, 7) is 6.60. The predicted octanol–water partition coefficient (Wildman–Crippen LogP) is 2.27. The second-order valence-electron chi connectivity index (χ2n) is 3.01. The minimum absolute atomic E-state index is 0.432. The topological polar surface area (TPSA) is 0 Å². The Morgan fingerprint density at radius 1 is 1.43 bits per heavy atom. The first-order valence-corrected chi connectivity index (χ1v) is 3.14. The van der Waals surface area contributed by atoms with Gasteiger partial charge in [0.25, 0.3) is 0 Å². The predicted molar refractivity (Wildman–Crippen MR) is 32.6 cm³/mol. The van der Waals surface area contributed by atoms with Gasteiger partial charge >= 0.3 is 0 Å². The molecule has 0 aromatic rings. The van der Waals surface area contributed by atoms with Crippen molar-refractivity contribution < 1.29 is 0 Å². The van der Waals surface area contributed by atoms with Crippen molar-refractivity contribution in [2.45, 2.75) is 26.1 Å². The van der Waals surface area contributed by atoms with Gasteiger partial charge in [-0.2, -0.15) is 0 Å². The van der Waals surface area contributed by atoms with Gasteiger partial charge in [0.05, 0.1) is 0 Å². The third-order valence-corrected chi connectivity index (χ3v) is 3.15. The third kappa shape index (κ3) is 0.567. The van der Waals surface area contributed by atoms with Gasteiger partial charge in [0.2, 0.25) is 0 Å². The Kier molecular flexibility index (Phi) is 0.904. The van der Waals surface area contributed by atoms with Crippen LogP contribution in [-0.4, -0.2) is 5.38 Å². The molecule has 0 unspecified atom stereocenters. The maximum atomic E-state index is 5.83. The van der Waals surface area contributed by atoms with Crippen molar-refractivity contribution in [2.75, 3.05) is 0 Å². The lowest BCUT2D eigenvalue weighted by atomic mass is 10.1. The van der Waals surface area contributed by atoms with Crippen LogP contribution in [0.2, 0.25) is 0 Å². The van der Waals surface area contributed by atoms with Crippen molar-refractivity contribution in [3.05, 3.63) is 0 Å². The Labute approximate surface area is 49.9 Å². The first kappa shape index (κ1) is 5.43. The first-order chi connectivity index (χ1) is 3.07. The quantitative estimate of drug-likeness (QED) is 0.428. The number of hydrogen-bond acceptors (Lipinski definition) is 0. The molecule has 1 saturated carbocycles. The van der Waals surface area contributed by atoms with Gasteiger partial charge in [-0.15, -0.1) is 11.6 Å². The molecule has 0 heterocycles. The lowest BCUT2D eigenvalue weighted by molar-refractivity contribution is 0.587. The van der Waals surface area contributed by atoms with Crippen LogP contribution in [0, 0.1) is 11.3 Å². The number of hydrogen-bond donors (Lipinski definition) is 0. The fourth-order valence-corrected chi connectivity index (χ4v) is 1.27. The molecule has 0 nitrogen and oxygen atoms in total. The van der Waals surface area contributed by atoms with E-state index in [1.165, 1.54) is 0 Å². The van der Waals surface area contributed by atoms with Crippen LogP contribution in [0.15, 0.2) is 0 Å². The van der Waals surface area contributed by atoms with E-state index in [1.54, 1.807) is 0 Å². The van der Waals surface area contributed by atoms with Gasteiger partial charge in [-0.1, -0.05) is 20.8 Å². The normalized spacial score (nSPS) is 46.3. The molecule has 1 heteroatoms. The molecule has 0 amide bonds. The lowest BCUT2D eigenvalue weighted by Gasteiger charge is -1.92. The molecule has 0 aromatic carbocycles. The zero-order valence-corrected chi connectivity index (χ0v) is 5.79. The maximum Gasteiger partial charge on any atom is 0.0421 e. The molecule has 0 aromatic heterocycles. The highest BCUT2D eigenvalue weighted by atomic mass is 35.5. The van der Waals surface area contributed by atoms with Crippen molar-refractivity contribution in [2.24, 2.45) is 11.3 Å². The highest BCUT2D eigenvalue weighted by molar-refractivity contribution is 6.23. The van der Waals surface area contributed by atoms with Gasteiger partial charge in [-0.05, 0) is 11.3 Å². The van der Waals surface area contributed by atoms with E-state index in [0.29, 0.717) is 10.8 Å². The Morgan fingerprint density at radius 3 is 1.57 bits per heavy atom. The second kappa shape index (κ2) is 1.17. The van der Waals surface area contributed by atoms with Crippen LogP contribution >= 0.6 is 11.6 Å². The minimum Gasteiger partial charge on any atom is -0.122 e. The smallest absolute Gasteiger partial charge is 0.0421 e. The van der Waals surface area contributed by atoms with Gasteiger partial charge in [-0.3, -0.25) is 0 Å².